The number of amides is 1. The predicted octanol–water partition coefficient (Wildman–Crippen LogP) is 2.10. The summed E-state index contributed by atoms with van der Waals surface area (Å²) in [6, 6.07) is 5.61. The number of carboxylic acids is 1. The van der Waals surface area contributed by atoms with Crippen LogP contribution in [-0.2, 0) is 9.59 Å². The number of hydrogen-bond acceptors (Lipinski definition) is 4. The number of nitrogens with zero attached hydrogens (tertiary/aromatic N) is 1. The van der Waals surface area contributed by atoms with Gasteiger partial charge in [-0.3, -0.25) is 9.59 Å². The zero-order valence-electron chi connectivity index (χ0n) is 13.6. The van der Waals surface area contributed by atoms with Crippen LogP contribution < -0.4 is 9.47 Å². The maximum Gasteiger partial charge on any atom is 0.308 e. The average molecular weight is 321 g/mol. The van der Waals surface area contributed by atoms with E-state index in [2.05, 4.69) is 0 Å². The SMILES string of the molecule is COc1cc(C)ccc1OCCC(=O)N1CCCC(C(=O)O)C1. The summed E-state index contributed by atoms with van der Waals surface area (Å²) in [5.74, 6) is -0.106. The van der Waals surface area contributed by atoms with E-state index in [1.54, 1.807) is 12.0 Å². The molecule has 0 aromatic heterocycles. The topological polar surface area (TPSA) is 76.1 Å². The van der Waals surface area contributed by atoms with E-state index >= 15 is 0 Å². The largest absolute Gasteiger partial charge is 0.493 e. The van der Waals surface area contributed by atoms with E-state index < -0.39 is 11.9 Å². The number of methoxy groups -OCH3 is 1. The molecule has 1 aliphatic heterocycles. The third kappa shape index (κ3) is 4.61. The van der Waals surface area contributed by atoms with Gasteiger partial charge >= 0.3 is 5.97 Å². The van der Waals surface area contributed by atoms with Gasteiger partial charge in [0.15, 0.2) is 11.5 Å². The van der Waals surface area contributed by atoms with Gasteiger partial charge in [-0.05, 0) is 37.5 Å². The maximum absolute atomic E-state index is 12.2. The van der Waals surface area contributed by atoms with Gasteiger partial charge in [-0.1, -0.05) is 6.07 Å². The molecule has 126 valence electrons. The fourth-order valence-corrected chi connectivity index (χ4v) is 2.71. The minimum absolute atomic E-state index is 0.0676. The molecule has 0 bridgehead atoms. The smallest absolute Gasteiger partial charge is 0.308 e. The fourth-order valence-electron chi connectivity index (χ4n) is 2.71. The molecule has 2 rings (SSSR count). The molecule has 1 aromatic carbocycles. The van der Waals surface area contributed by atoms with E-state index in [1.807, 2.05) is 25.1 Å². The number of carbonyl (C=O) groups is 2. The van der Waals surface area contributed by atoms with Crippen molar-refractivity contribution >= 4 is 11.9 Å². The Balaban J connectivity index is 1.84. The lowest BCUT2D eigenvalue weighted by atomic mass is 9.98. The molecular weight excluding hydrogens is 298 g/mol. The molecule has 0 aliphatic carbocycles. The molecule has 1 aromatic rings. The Morgan fingerprint density at radius 3 is 2.83 bits per heavy atom. The Kier molecular flexibility index (Phi) is 5.84. The molecule has 0 radical (unpaired) electrons. The lowest BCUT2D eigenvalue weighted by Gasteiger charge is -2.30. The summed E-state index contributed by atoms with van der Waals surface area (Å²) in [5.41, 5.74) is 1.07. The summed E-state index contributed by atoms with van der Waals surface area (Å²) in [6.07, 6.45) is 1.59. The highest BCUT2D eigenvalue weighted by molar-refractivity contribution is 5.78. The third-order valence-corrected chi connectivity index (χ3v) is 4.02. The van der Waals surface area contributed by atoms with E-state index in [0.29, 0.717) is 31.0 Å². The van der Waals surface area contributed by atoms with Crippen molar-refractivity contribution in [3.05, 3.63) is 23.8 Å². The van der Waals surface area contributed by atoms with Crippen molar-refractivity contribution in [1.29, 1.82) is 0 Å². The molecule has 1 aliphatic rings. The molecule has 1 N–H and O–H groups in total. The van der Waals surface area contributed by atoms with E-state index in [-0.39, 0.29) is 18.9 Å². The summed E-state index contributed by atoms with van der Waals surface area (Å²) in [5, 5.41) is 9.07. The minimum atomic E-state index is -0.830. The van der Waals surface area contributed by atoms with Gasteiger partial charge in [-0.15, -0.1) is 0 Å². The third-order valence-electron chi connectivity index (χ3n) is 4.02. The quantitative estimate of drug-likeness (QED) is 0.868. The zero-order valence-corrected chi connectivity index (χ0v) is 13.6. The van der Waals surface area contributed by atoms with Crippen LogP contribution in [0.4, 0.5) is 0 Å². The first-order valence-electron chi connectivity index (χ1n) is 7.79. The standard InChI is InChI=1S/C17H23NO5/c1-12-5-6-14(15(10-12)22-2)23-9-7-16(19)18-8-3-4-13(11-18)17(20)21/h5-6,10,13H,3-4,7-9,11H2,1-2H3,(H,20,21). The Hall–Kier alpha value is -2.24. The van der Waals surface area contributed by atoms with Crippen molar-refractivity contribution in [2.24, 2.45) is 5.92 Å². The van der Waals surface area contributed by atoms with Crippen molar-refractivity contribution in [3.8, 4) is 11.5 Å². The van der Waals surface area contributed by atoms with Gasteiger partial charge in [0.05, 0.1) is 26.1 Å². The van der Waals surface area contributed by atoms with Crippen LogP contribution in [0.5, 0.6) is 11.5 Å². The van der Waals surface area contributed by atoms with Gasteiger partial charge in [0.25, 0.3) is 0 Å². The monoisotopic (exact) mass is 321 g/mol. The lowest BCUT2D eigenvalue weighted by Crippen LogP contribution is -2.42. The number of piperidine rings is 1. The molecule has 1 heterocycles. The van der Waals surface area contributed by atoms with Crippen LogP contribution in [-0.4, -0.2) is 48.7 Å². The number of aryl methyl sites for hydroxylation is 1. The van der Waals surface area contributed by atoms with Gasteiger partial charge in [-0.2, -0.15) is 0 Å². The number of ether oxygens (including phenoxy) is 2. The van der Waals surface area contributed by atoms with Gasteiger partial charge in [-0.25, -0.2) is 0 Å². The summed E-state index contributed by atoms with van der Waals surface area (Å²) >= 11 is 0. The number of carbonyl (C=O) groups excluding carboxylic acids is 1. The molecule has 1 atom stereocenters. The van der Waals surface area contributed by atoms with E-state index in [9.17, 15) is 9.59 Å². The van der Waals surface area contributed by atoms with Crippen LogP contribution >= 0.6 is 0 Å². The van der Waals surface area contributed by atoms with Crippen LogP contribution in [0, 0.1) is 12.8 Å². The molecule has 1 amide bonds. The molecule has 0 spiro atoms. The number of aliphatic carboxylic acids is 1. The molecule has 1 saturated heterocycles. The molecular formula is C17H23NO5. The number of benzene rings is 1. The number of likely N-dealkylation sites (tertiary alicyclic amines) is 1. The minimum Gasteiger partial charge on any atom is -0.493 e. The highest BCUT2D eigenvalue weighted by Crippen LogP contribution is 2.28. The summed E-state index contributed by atoms with van der Waals surface area (Å²) in [6.45, 7) is 3.12. The summed E-state index contributed by atoms with van der Waals surface area (Å²) in [7, 11) is 1.58. The molecule has 1 unspecified atom stereocenters. The van der Waals surface area contributed by atoms with Crippen molar-refractivity contribution in [1.82, 2.24) is 4.90 Å². The molecule has 1 fully saturated rings. The summed E-state index contributed by atoms with van der Waals surface area (Å²) < 4.78 is 10.9. The Bertz CT molecular complexity index is 572. The van der Waals surface area contributed by atoms with Gasteiger partial charge in [0, 0.05) is 13.1 Å². The van der Waals surface area contributed by atoms with Crippen LogP contribution in [0.25, 0.3) is 0 Å². The fraction of sp³-hybridized carbons (Fsp3) is 0.529. The van der Waals surface area contributed by atoms with Gasteiger partial charge in [0.1, 0.15) is 0 Å². The molecule has 23 heavy (non-hydrogen) atoms. The van der Waals surface area contributed by atoms with Crippen LogP contribution in [0.2, 0.25) is 0 Å². The van der Waals surface area contributed by atoms with Gasteiger partial charge < -0.3 is 19.5 Å². The first-order valence-corrected chi connectivity index (χ1v) is 7.79. The lowest BCUT2D eigenvalue weighted by molar-refractivity contribution is -0.145. The normalized spacial score (nSPS) is 17.7. The molecule has 6 nitrogen and oxygen atoms in total. The molecule has 6 heteroatoms. The van der Waals surface area contributed by atoms with Crippen LogP contribution in [0.15, 0.2) is 18.2 Å². The number of rotatable bonds is 6. The first-order chi connectivity index (χ1) is 11.0. The average Bonchev–Trinajstić information content (AvgIpc) is 2.56. The second-order valence-corrected chi connectivity index (χ2v) is 5.77. The number of hydrogen-bond donors (Lipinski definition) is 1. The van der Waals surface area contributed by atoms with E-state index in [0.717, 1.165) is 12.0 Å². The number of carboxylic acid groups (broad SMARTS) is 1. The van der Waals surface area contributed by atoms with Crippen molar-refractivity contribution in [2.75, 3.05) is 26.8 Å². The van der Waals surface area contributed by atoms with E-state index in [1.165, 1.54) is 0 Å². The molecule has 0 saturated carbocycles. The summed E-state index contributed by atoms with van der Waals surface area (Å²) in [4.78, 5) is 24.9. The van der Waals surface area contributed by atoms with Gasteiger partial charge in [0.2, 0.25) is 5.91 Å². The highest BCUT2D eigenvalue weighted by atomic mass is 16.5. The first kappa shape index (κ1) is 17.1. The van der Waals surface area contributed by atoms with Crippen LogP contribution in [0.3, 0.4) is 0 Å². The van der Waals surface area contributed by atoms with Crippen molar-refractivity contribution in [3.63, 3.8) is 0 Å². The Morgan fingerprint density at radius 2 is 2.13 bits per heavy atom. The maximum atomic E-state index is 12.2. The second-order valence-electron chi connectivity index (χ2n) is 5.77. The highest BCUT2D eigenvalue weighted by Gasteiger charge is 2.27. The predicted molar refractivity (Wildman–Crippen MR) is 84.8 cm³/mol. The van der Waals surface area contributed by atoms with E-state index in [4.69, 9.17) is 14.6 Å². The Labute approximate surface area is 136 Å². The zero-order chi connectivity index (χ0) is 16.8. The Morgan fingerprint density at radius 1 is 1.35 bits per heavy atom. The van der Waals surface area contributed by atoms with Crippen molar-refractivity contribution < 1.29 is 24.2 Å². The second kappa shape index (κ2) is 7.85. The van der Waals surface area contributed by atoms with Crippen molar-refractivity contribution in [2.45, 2.75) is 26.2 Å². The van der Waals surface area contributed by atoms with Crippen LogP contribution in [0.1, 0.15) is 24.8 Å².